The molecule has 21 heavy (non-hydrogen) atoms. The third-order valence-electron chi connectivity index (χ3n) is 2.86. The van der Waals surface area contributed by atoms with Gasteiger partial charge >= 0.3 is 0 Å². The van der Waals surface area contributed by atoms with Crippen molar-refractivity contribution >= 4 is 15.8 Å². The highest BCUT2D eigenvalue weighted by atomic mass is 32.2. The van der Waals surface area contributed by atoms with Gasteiger partial charge in [0, 0.05) is 25.0 Å². The van der Waals surface area contributed by atoms with Crippen LogP contribution in [0.2, 0.25) is 0 Å². The summed E-state index contributed by atoms with van der Waals surface area (Å²) >= 11 is 0. The highest BCUT2D eigenvalue weighted by molar-refractivity contribution is 7.89. The van der Waals surface area contributed by atoms with Crippen molar-refractivity contribution in [2.24, 2.45) is 0 Å². The summed E-state index contributed by atoms with van der Waals surface area (Å²) in [5, 5.41) is 2.99. The van der Waals surface area contributed by atoms with E-state index in [0.717, 1.165) is 0 Å². The largest absolute Gasteiger partial charge is 0.370 e. The van der Waals surface area contributed by atoms with Crippen LogP contribution in [0, 0.1) is 0 Å². The number of pyridine rings is 2. The molecule has 7 heteroatoms. The SMILES string of the molecule is CCNc1cc(S(=O)(=O)NC(C)c2ccccn2)ccn1. The predicted molar refractivity (Wildman–Crippen MR) is 81.4 cm³/mol. The van der Waals surface area contributed by atoms with Crippen molar-refractivity contribution in [2.75, 3.05) is 11.9 Å². The molecule has 0 aromatic carbocycles. The fourth-order valence-electron chi connectivity index (χ4n) is 1.85. The van der Waals surface area contributed by atoms with Crippen LogP contribution in [0.4, 0.5) is 5.82 Å². The Morgan fingerprint density at radius 3 is 2.67 bits per heavy atom. The summed E-state index contributed by atoms with van der Waals surface area (Å²) in [7, 11) is -3.62. The molecule has 2 rings (SSSR count). The summed E-state index contributed by atoms with van der Waals surface area (Å²) in [5.74, 6) is 0.533. The first kappa shape index (κ1) is 15.4. The van der Waals surface area contributed by atoms with E-state index in [1.54, 1.807) is 25.3 Å². The normalized spacial score (nSPS) is 12.9. The predicted octanol–water partition coefficient (Wildman–Crippen LogP) is 1.95. The van der Waals surface area contributed by atoms with Crippen LogP contribution >= 0.6 is 0 Å². The summed E-state index contributed by atoms with van der Waals surface area (Å²) in [5.41, 5.74) is 0.669. The van der Waals surface area contributed by atoms with Crippen LogP contribution in [0.5, 0.6) is 0 Å². The maximum absolute atomic E-state index is 12.4. The Morgan fingerprint density at radius 2 is 2.00 bits per heavy atom. The smallest absolute Gasteiger partial charge is 0.241 e. The first-order valence-electron chi connectivity index (χ1n) is 6.66. The van der Waals surface area contributed by atoms with Crippen LogP contribution in [-0.2, 0) is 10.0 Å². The van der Waals surface area contributed by atoms with Crippen molar-refractivity contribution in [1.82, 2.24) is 14.7 Å². The van der Waals surface area contributed by atoms with Gasteiger partial charge in [-0.3, -0.25) is 4.98 Å². The fraction of sp³-hybridized carbons (Fsp3) is 0.286. The maximum Gasteiger partial charge on any atom is 0.241 e. The average Bonchev–Trinajstić information content (AvgIpc) is 2.48. The first-order valence-corrected chi connectivity index (χ1v) is 8.14. The third-order valence-corrected chi connectivity index (χ3v) is 4.40. The van der Waals surface area contributed by atoms with Gasteiger partial charge in [0.25, 0.3) is 0 Å². The van der Waals surface area contributed by atoms with E-state index in [-0.39, 0.29) is 4.90 Å². The van der Waals surface area contributed by atoms with Gasteiger partial charge in [0.15, 0.2) is 0 Å². The number of hydrogen-bond acceptors (Lipinski definition) is 5. The molecule has 2 heterocycles. The number of nitrogens with zero attached hydrogens (tertiary/aromatic N) is 2. The molecule has 0 saturated heterocycles. The van der Waals surface area contributed by atoms with Crippen molar-refractivity contribution < 1.29 is 8.42 Å². The molecule has 0 radical (unpaired) electrons. The Bertz CT molecular complexity index is 689. The summed E-state index contributed by atoms with van der Waals surface area (Å²) in [6.07, 6.45) is 3.10. The Balaban J connectivity index is 2.20. The standard InChI is InChI=1S/C14H18N4O2S/c1-3-15-14-10-12(7-9-17-14)21(19,20)18-11(2)13-6-4-5-8-16-13/h4-11,18H,3H2,1-2H3,(H,15,17). The Morgan fingerprint density at radius 1 is 1.19 bits per heavy atom. The second-order valence-electron chi connectivity index (χ2n) is 4.50. The number of aromatic nitrogens is 2. The Labute approximate surface area is 124 Å². The molecule has 1 unspecified atom stereocenters. The summed E-state index contributed by atoms with van der Waals surface area (Å²) in [4.78, 5) is 8.39. The molecule has 0 fully saturated rings. The Hall–Kier alpha value is -1.99. The van der Waals surface area contributed by atoms with Crippen molar-refractivity contribution in [3.63, 3.8) is 0 Å². The lowest BCUT2D eigenvalue weighted by Crippen LogP contribution is -2.27. The van der Waals surface area contributed by atoms with Gasteiger partial charge in [-0.15, -0.1) is 0 Å². The lowest BCUT2D eigenvalue weighted by molar-refractivity contribution is 0.564. The highest BCUT2D eigenvalue weighted by Gasteiger charge is 2.19. The molecule has 0 spiro atoms. The van der Waals surface area contributed by atoms with Gasteiger partial charge in [-0.05, 0) is 32.0 Å². The van der Waals surface area contributed by atoms with Crippen LogP contribution in [0.25, 0.3) is 0 Å². The minimum atomic E-state index is -3.62. The van der Waals surface area contributed by atoms with E-state index in [9.17, 15) is 8.42 Å². The molecule has 0 saturated carbocycles. The zero-order valence-electron chi connectivity index (χ0n) is 11.9. The molecule has 6 nitrogen and oxygen atoms in total. The van der Waals surface area contributed by atoms with Gasteiger partial charge in [-0.1, -0.05) is 6.07 Å². The summed E-state index contributed by atoms with van der Waals surface area (Å²) in [6.45, 7) is 4.35. The number of hydrogen-bond donors (Lipinski definition) is 2. The van der Waals surface area contributed by atoms with E-state index in [1.165, 1.54) is 18.3 Å². The van der Waals surface area contributed by atoms with E-state index in [0.29, 0.717) is 18.1 Å². The monoisotopic (exact) mass is 306 g/mol. The topological polar surface area (TPSA) is 84.0 Å². The van der Waals surface area contributed by atoms with Gasteiger partial charge in [0.05, 0.1) is 16.6 Å². The van der Waals surface area contributed by atoms with Crippen LogP contribution in [0.1, 0.15) is 25.6 Å². The number of anilines is 1. The number of nitrogens with one attached hydrogen (secondary N) is 2. The molecule has 1 atom stereocenters. The molecule has 0 amide bonds. The zero-order valence-corrected chi connectivity index (χ0v) is 12.8. The highest BCUT2D eigenvalue weighted by Crippen LogP contribution is 2.16. The van der Waals surface area contributed by atoms with Gasteiger partial charge in [0.2, 0.25) is 10.0 Å². The minimum absolute atomic E-state index is 0.177. The van der Waals surface area contributed by atoms with Crippen LogP contribution < -0.4 is 10.0 Å². The second-order valence-corrected chi connectivity index (χ2v) is 6.22. The maximum atomic E-state index is 12.4. The van der Waals surface area contributed by atoms with Crippen LogP contribution in [0.3, 0.4) is 0 Å². The first-order chi connectivity index (χ1) is 10.0. The molecule has 0 aliphatic rings. The summed E-state index contributed by atoms with van der Waals surface area (Å²) in [6, 6.07) is 7.96. The molecule has 0 bridgehead atoms. The van der Waals surface area contributed by atoms with Gasteiger partial charge in [-0.25, -0.2) is 18.1 Å². The quantitative estimate of drug-likeness (QED) is 0.852. The molecular weight excluding hydrogens is 288 g/mol. The van der Waals surface area contributed by atoms with Gasteiger partial charge in [0.1, 0.15) is 5.82 Å². The minimum Gasteiger partial charge on any atom is -0.370 e. The lowest BCUT2D eigenvalue weighted by atomic mass is 10.2. The van der Waals surface area contributed by atoms with E-state index < -0.39 is 16.1 Å². The number of sulfonamides is 1. The number of rotatable bonds is 6. The molecule has 0 aliphatic carbocycles. The zero-order chi connectivity index (χ0) is 15.3. The van der Waals surface area contributed by atoms with E-state index >= 15 is 0 Å². The van der Waals surface area contributed by atoms with E-state index in [2.05, 4.69) is 20.0 Å². The fourth-order valence-corrected chi connectivity index (χ4v) is 3.08. The van der Waals surface area contributed by atoms with E-state index in [4.69, 9.17) is 0 Å². The van der Waals surface area contributed by atoms with Crippen LogP contribution in [-0.4, -0.2) is 24.9 Å². The van der Waals surface area contributed by atoms with Crippen LogP contribution in [0.15, 0.2) is 47.6 Å². The Kier molecular flexibility index (Phi) is 4.87. The van der Waals surface area contributed by atoms with E-state index in [1.807, 2.05) is 13.0 Å². The van der Waals surface area contributed by atoms with Gasteiger partial charge < -0.3 is 5.32 Å². The average molecular weight is 306 g/mol. The van der Waals surface area contributed by atoms with Crippen molar-refractivity contribution in [2.45, 2.75) is 24.8 Å². The summed E-state index contributed by atoms with van der Waals surface area (Å²) < 4.78 is 27.4. The molecule has 0 aliphatic heterocycles. The molecular formula is C14H18N4O2S. The molecule has 112 valence electrons. The molecule has 2 aromatic rings. The van der Waals surface area contributed by atoms with Crippen molar-refractivity contribution in [3.8, 4) is 0 Å². The molecule has 2 N–H and O–H groups in total. The molecule has 2 aromatic heterocycles. The van der Waals surface area contributed by atoms with Gasteiger partial charge in [-0.2, -0.15) is 0 Å². The third kappa shape index (κ3) is 3.99. The van der Waals surface area contributed by atoms with Crippen molar-refractivity contribution in [1.29, 1.82) is 0 Å². The van der Waals surface area contributed by atoms with Crippen molar-refractivity contribution in [3.05, 3.63) is 48.4 Å². The second kappa shape index (κ2) is 6.64. The lowest BCUT2D eigenvalue weighted by Gasteiger charge is -2.14.